The molecule has 3 aromatic rings. The van der Waals surface area contributed by atoms with Crippen molar-refractivity contribution < 1.29 is 22.7 Å². The summed E-state index contributed by atoms with van der Waals surface area (Å²) in [5.41, 5.74) is 2.85. The second kappa shape index (κ2) is 9.36. The first-order valence-electron chi connectivity index (χ1n) is 10.5. The van der Waals surface area contributed by atoms with Gasteiger partial charge in [0, 0.05) is 16.1 Å². The van der Waals surface area contributed by atoms with Crippen LogP contribution in [0.25, 0.3) is 0 Å². The summed E-state index contributed by atoms with van der Waals surface area (Å²) in [6, 6.07) is 12.7. The molecule has 4 rings (SSSR count). The SMILES string of the molecule is COC(=O)c1c(NC(=O)c2cccc(NS(=O)(=O)c3ccc(C)cc3)c2)sc2c1CCCC2. The lowest BCUT2D eigenvalue weighted by Crippen LogP contribution is -2.16. The Kier molecular flexibility index (Phi) is 6.53. The first-order valence-corrected chi connectivity index (χ1v) is 12.8. The van der Waals surface area contributed by atoms with Crippen LogP contribution in [0.1, 0.15) is 49.6 Å². The van der Waals surface area contributed by atoms with E-state index in [4.69, 9.17) is 4.74 Å². The highest BCUT2D eigenvalue weighted by molar-refractivity contribution is 7.92. The van der Waals surface area contributed by atoms with Crippen LogP contribution in [-0.4, -0.2) is 27.4 Å². The Balaban J connectivity index is 1.57. The second-order valence-corrected chi connectivity index (χ2v) is 10.6. The van der Waals surface area contributed by atoms with Gasteiger partial charge < -0.3 is 10.1 Å². The van der Waals surface area contributed by atoms with Crippen molar-refractivity contribution in [1.29, 1.82) is 0 Å². The standard InChI is InChI=1S/C24H24N2O5S2/c1-15-10-12-18(13-11-15)33(29,30)26-17-7-5-6-16(14-17)22(27)25-23-21(24(28)31-2)19-8-3-4-9-20(19)32-23/h5-7,10-14,26H,3-4,8-9H2,1-2H3,(H,25,27). The van der Waals surface area contributed by atoms with Gasteiger partial charge >= 0.3 is 5.97 Å². The van der Waals surface area contributed by atoms with Gasteiger partial charge in [-0.25, -0.2) is 13.2 Å². The molecule has 1 aromatic heterocycles. The number of benzene rings is 2. The molecule has 0 spiro atoms. The quantitative estimate of drug-likeness (QED) is 0.491. The van der Waals surface area contributed by atoms with Crippen molar-refractivity contribution in [3.63, 3.8) is 0 Å². The third-order valence-electron chi connectivity index (χ3n) is 5.50. The number of rotatable bonds is 6. The van der Waals surface area contributed by atoms with Crippen molar-refractivity contribution in [1.82, 2.24) is 0 Å². The molecule has 33 heavy (non-hydrogen) atoms. The molecule has 2 N–H and O–H groups in total. The zero-order chi connectivity index (χ0) is 23.6. The van der Waals surface area contributed by atoms with Crippen LogP contribution in [0, 0.1) is 6.92 Å². The van der Waals surface area contributed by atoms with Crippen LogP contribution in [0.4, 0.5) is 10.7 Å². The summed E-state index contributed by atoms with van der Waals surface area (Å²) >= 11 is 1.40. The number of thiophene rings is 1. The number of amides is 1. The molecule has 1 heterocycles. The third-order valence-corrected chi connectivity index (χ3v) is 8.10. The Labute approximate surface area is 196 Å². The number of ether oxygens (including phenoxy) is 1. The van der Waals surface area contributed by atoms with Gasteiger partial charge in [-0.1, -0.05) is 23.8 Å². The zero-order valence-corrected chi connectivity index (χ0v) is 19.9. The number of anilines is 2. The molecule has 1 amide bonds. The van der Waals surface area contributed by atoms with Gasteiger partial charge in [0.15, 0.2) is 0 Å². The fourth-order valence-corrected chi connectivity index (χ4v) is 6.12. The smallest absolute Gasteiger partial charge is 0.341 e. The number of fused-ring (bicyclic) bond motifs is 1. The molecule has 9 heteroatoms. The van der Waals surface area contributed by atoms with Crippen molar-refractivity contribution in [2.24, 2.45) is 0 Å². The maximum Gasteiger partial charge on any atom is 0.341 e. The molecular formula is C24H24N2O5S2. The van der Waals surface area contributed by atoms with Gasteiger partial charge in [0.2, 0.25) is 0 Å². The fraction of sp³-hybridized carbons (Fsp3) is 0.250. The van der Waals surface area contributed by atoms with Crippen LogP contribution in [-0.2, 0) is 27.6 Å². The van der Waals surface area contributed by atoms with Gasteiger partial charge in [-0.15, -0.1) is 11.3 Å². The van der Waals surface area contributed by atoms with Gasteiger partial charge in [-0.3, -0.25) is 9.52 Å². The van der Waals surface area contributed by atoms with Crippen LogP contribution < -0.4 is 10.0 Å². The molecule has 0 fully saturated rings. The number of carbonyl (C=O) groups is 2. The number of hydrogen-bond acceptors (Lipinski definition) is 6. The monoisotopic (exact) mass is 484 g/mol. The van der Waals surface area contributed by atoms with Crippen molar-refractivity contribution >= 4 is 43.9 Å². The molecule has 1 aliphatic rings. The van der Waals surface area contributed by atoms with Crippen molar-refractivity contribution in [3.05, 3.63) is 75.7 Å². The van der Waals surface area contributed by atoms with E-state index < -0.39 is 21.9 Å². The first kappa shape index (κ1) is 23.0. The number of carbonyl (C=O) groups excluding carboxylic acids is 2. The molecule has 0 bridgehead atoms. The predicted octanol–water partition coefficient (Wildman–Crippen LogP) is 4.78. The van der Waals surface area contributed by atoms with E-state index in [1.807, 2.05) is 6.92 Å². The predicted molar refractivity (Wildman–Crippen MR) is 129 cm³/mol. The lowest BCUT2D eigenvalue weighted by atomic mass is 9.95. The summed E-state index contributed by atoms with van der Waals surface area (Å²) in [6.45, 7) is 1.88. The topological polar surface area (TPSA) is 102 Å². The Bertz CT molecular complexity index is 1310. The lowest BCUT2D eigenvalue weighted by Gasteiger charge is -2.12. The highest BCUT2D eigenvalue weighted by Gasteiger charge is 2.27. The normalized spacial score (nSPS) is 13.2. The molecule has 1 aliphatic carbocycles. The van der Waals surface area contributed by atoms with Crippen molar-refractivity contribution in [3.8, 4) is 0 Å². The summed E-state index contributed by atoms with van der Waals surface area (Å²) in [4.78, 5) is 26.6. The third kappa shape index (κ3) is 4.94. The Morgan fingerprint density at radius 2 is 1.76 bits per heavy atom. The number of sulfonamides is 1. The number of aryl methyl sites for hydroxylation is 2. The summed E-state index contributed by atoms with van der Waals surface area (Å²) in [5, 5.41) is 3.29. The maximum absolute atomic E-state index is 13.0. The molecule has 7 nitrogen and oxygen atoms in total. The zero-order valence-electron chi connectivity index (χ0n) is 18.3. The molecule has 0 aliphatic heterocycles. The van der Waals surface area contributed by atoms with E-state index in [0.29, 0.717) is 10.6 Å². The molecule has 2 aromatic carbocycles. The first-order chi connectivity index (χ1) is 15.8. The Morgan fingerprint density at radius 1 is 1.03 bits per heavy atom. The molecule has 0 saturated carbocycles. The molecule has 172 valence electrons. The highest BCUT2D eigenvalue weighted by Crippen LogP contribution is 2.38. The van der Waals surface area contributed by atoms with E-state index in [9.17, 15) is 18.0 Å². The number of esters is 1. The average Bonchev–Trinajstić information content (AvgIpc) is 3.16. The summed E-state index contributed by atoms with van der Waals surface area (Å²) in [7, 11) is -2.47. The highest BCUT2D eigenvalue weighted by atomic mass is 32.2. The minimum atomic E-state index is -3.80. The van der Waals surface area contributed by atoms with E-state index in [0.717, 1.165) is 41.7 Å². The van der Waals surface area contributed by atoms with Crippen LogP contribution in [0.3, 0.4) is 0 Å². The van der Waals surface area contributed by atoms with E-state index >= 15 is 0 Å². The fourth-order valence-electron chi connectivity index (χ4n) is 3.80. The van der Waals surface area contributed by atoms with Gasteiger partial charge in [0.05, 0.1) is 17.6 Å². The number of nitrogens with one attached hydrogen (secondary N) is 2. The van der Waals surface area contributed by atoms with Crippen molar-refractivity contribution in [2.45, 2.75) is 37.5 Å². The largest absolute Gasteiger partial charge is 0.465 e. The molecule has 0 saturated heterocycles. The summed E-state index contributed by atoms with van der Waals surface area (Å²) in [6.07, 6.45) is 3.69. The summed E-state index contributed by atoms with van der Waals surface area (Å²) < 4.78 is 32.8. The van der Waals surface area contributed by atoms with Crippen LogP contribution in [0.2, 0.25) is 0 Å². The van der Waals surface area contributed by atoms with Crippen LogP contribution in [0.5, 0.6) is 0 Å². The summed E-state index contributed by atoms with van der Waals surface area (Å²) in [5.74, 6) is -0.903. The van der Waals surface area contributed by atoms with E-state index in [-0.39, 0.29) is 16.1 Å². The number of hydrogen-bond donors (Lipinski definition) is 2. The van der Waals surface area contributed by atoms with E-state index in [1.165, 1.54) is 36.6 Å². The van der Waals surface area contributed by atoms with Gasteiger partial charge in [-0.2, -0.15) is 0 Å². The maximum atomic E-state index is 13.0. The molecule has 0 unspecified atom stereocenters. The van der Waals surface area contributed by atoms with Gasteiger partial charge in [0.1, 0.15) is 5.00 Å². The van der Waals surface area contributed by atoms with E-state index in [1.54, 1.807) is 30.3 Å². The average molecular weight is 485 g/mol. The van der Waals surface area contributed by atoms with Crippen LogP contribution in [0.15, 0.2) is 53.4 Å². The molecular weight excluding hydrogens is 460 g/mol. The number of methoxy groups -OCH3 is 1. The van der Waals surface area contributed by atoms with Gasteiger partial charge in [-0.05, 0) is 68.5 Å². The lowest BCUT2D eigenvalue weighted by molar-refractivity contribution is 0.0601. The second-order valence-electron chi connectivity index (χ2n) is 7.86. The Hall–Kier alpha value is -3.17. The van der Waals surface area contributed by atoms with E-state index in [2.05, 4.69) is 10.0 Å². The Morgan fingerprint density at radius 3 is 2.48 bits per heavy atom. The minimum absolute atomic E-state index is 0.134. The van der Waals surface area contributed by atoms with Crippen LogP contribution >= 0.6 is 11.3 Å². The van der Waals surface area contributed by atoms with Crippen molar-refractivity contribution in [2.75, 3.05) is 17.1 Å². The molecule has 0 radical (unpaired) electrons. The minimum Gasteiger partial charge on any atom is -0.465 e. The molecule has 0 atom stereocenters. The van der Waals surface area contributed by atoms with Gasteiger partial charge in [0.25, 0.3) is 15.9 Å².